The monoisotopic (exact) mass is 906 g/mol. The van der Waals surface area contributed by atoms with Gasteiger partial charge in [0, 0.05) is 36.4 Å². The minimum Gasteiger partial charge on any atom is -0.490 e. The van der Waals surface area contributed by atoms with Gasteiger partial charge < -0.3 is 58.4 Å². The molecule has 0 saturated heterocycles. The minimum absolute atomic E-state index is 0.0105. The minimum atomic E-state index is -5.08. The van der Waals surface area contributed by atoms with E-state index in [0.29, 0.717) is 67.1 Å². The molecule has 346 valence electrons. The zero-order valence-corrected chi connectivity index (χ0v) is 32.8. The average Bonchev–Trinajstić information content (AvgIpc) is 3.15. The van der Waals surface area contributed by atoms with Gasteiger partial charge in [-0.15, -0.1) is 0 Å². The molecule has 0 aliphatic carbocycles. The number of fused-ring (bicyclic) bond motifs is 1. The molecule has 0 fully saturated rings. The standard InChI is InChI=1S/C29H40N8O4.3C2HF3O2/c1-4-18-17(15-36-28(39)21(30)10-8-12-34-29(32)33)9-7-11-22(18)37-26-19-13-24(40-5-2)25(41-6-3)14-23(19)35-16-20(26)27(31)38;3*3-2(4,5)1(6)7/h7,9,11,13-14,16,21H,4-6,8,10,12,15,30H2,1-3H3,(H2,31,38)(H,35,37)(H,36,39)(H4,32,33,34);3*(H,6,7)/t21-;;;/m0.../s1. The molecule has 0 aliphatic heterocycles. The number of carbonyl (C=O) groups excluding carboxylic acids is 2. The first kappa shape index (κ1) is 55.2. The summed E-state index contributed by atoms with van der Waals surface area (Å²) in [6.45, 7) is 7.38. The number of aliphatic carboxylic acids is 3. The molecule has 18 nitrogen and oxygen atoms in total. The van der Waals surface area contributed by atoms with Crippen molar-refractivity contribution < 1.29 is 88.3 Å². The maximum absolute atomic E-state index is 12.6. The van der Waals surface area contributed by atoms with Crippen LogP contribution in [0.15, 0.2) is 41.5 Å². The number of primary amides is 1. The number of nitrogens with one attached hydrogen (secondary N) is 2. The fraction of sp³-hybridized carbons (Fsp3) is 0.400. The molecule has 62 heavy (non-hydrogen) atoms. The number of nitrogens with two attached hydrogens (primary N) is 4. The second kappa shape index (κ2) is 25.1. The highest BCUT2D eigenvalue weighted by molar-refractivity contribution is 6.08. The van der Waals surface area contributed by atoms with Crippen LogP contribution in [0.3, 0.4) is 0 Å². The van der Waals surface area contributed by atoms with Gasteiger partial charge in [-0.3, -0.25) is 19.6 Å². The number of rotatable bonds is 15. The lowest BCUT2D eigenvalue weighted by Gasteiger charge is -2.20. The largest absolute Gasteiger partial charge is 0.490 e. The molecule has 1 heterocycles. The van der Waals surface area contributed by atoms with Crippen LogP contribution in [0.2, 0.25) is 0 Å². The summed E-state index contributed by atoms with van der Waals surface area (Å²) < 4.78 is 107. The van der Waals surface area contributed by atoms with Crippen LogP contribution in [0.1, 0.15) is 55.1 Å². The number of hydrogen-bond donors (Lipinski definition) is 9. The van der Waals surface area contributed by atoms with E-state index in [4.69, 9.17) is 62.1 Å². The normalized spacial score (nSPS) is 11.4. The lowest BCUT2D eigenvalue weighted by atomic mass is 10.0. The fourth-order valence-corrected chi connectivity index (χ4v) is 4.49. The predicted molar refractivity (Wildman–Crippen MR) is 203 cm³/mol. The Morgan fingerprint density at radius 1 is 0.806 bits per heavy atom. The number of ether oxygens (including phenoxy) is 2. The van der Waals surface area contributed by atoms with Crippen molar-refractivity contribution in [2.45, 2.75) is 71.1 Å². The van der Waals surface area contributed by atoms with Gasteiger partial charge in [-0.2, -0.15) is 39.5 Å². The van der Waals surface area contributed by atoms with Crippen LogP contribution < -0.4 is 43.0 Å². The predicted octanol–water partition coefficient (Wildman–Crippen LogP) is 4.33. The van der Waals surface area contributed by atoms with Gasteiger partial charge in [0.2, 0.25) is 5.91 Å². The van der Waals surface area contributed by atoms with Gasteiger partial charge in [0.1, 0.15) is 0 Å². The Bertz CT molecular complexity index is 1970. The molecule has 2 aromatic carbocycles. The molecule has 3 rings (SSSR count). The van der Waals surface area contributed by atoms with E-state index in [1.807, 2.05) is 39.0 Å². The third-order valence-electron chi connectivity index (χ3n) is 7.17. The average molecular weight is 907 g/mol. The third kappa shape index (κ3) is 19.5. The number of anilines is 2. The number of guanidine groups is 1. The van der Waals surface area contributed by atoms with E-state index >= 15 is 0 Å². The number of carbonyl (C=O) groups is 5. The molecule has 0 radical (unpaired) electrons. The number of aliphatic imine (C=N–C) groups is 1. The molecule has 1 atom stereocenters. The highest BCUT2D eigenvalue weighted by atomic mass is 19.4. The van der Waals surface area contributed by atoms with E-state index in [2.05, 4.69) is 20.6 Å². The first-order valence-electron chi connectivity index (χ1n) is 17.4. The summed E-state index contributed by atoms with van der Waals surface area (Å²) in [4.78, 5) is 60.1. The Morgan fingerprint density at radius 3 is 1.71 bits per heavy atom. The van der Waals surface area contributed by atoms with Gasteiger partial charge in [0.25, 0.3) is 5.91 Å². The lowest BCUT2D eigenvalue weighted by molar-refractivity contribution is -0.193. The van der Waals surface area contributed by atoms with Gasteiger partial charge in [0.15, 0.2) is 17.5 Å². The molecule has 1 aromatic heterocycles. The Hall–Kier alpha value is -6.80. The van der Waals surface area contributed by atoms with Gasteiger partial charge in [-0.25, -0.2) is 14.4 Å². The number of carboxylic acids is 3. The Balaban J connectivity index is 0.00000145. The van der Waals surface area contributed by atoms with Crippen LogP contribution in [-0.2, 0) is 32.1 Å². The summed E-state index contributed by atoms with van der Waals surface area (Å²) in [7, 11) is 0. The van der Waals surface area contributed by atoms with Crippen molar-refractivity contribution in [1.82, 2.24) is 10.3 Å². The summed E-state index contributed by atoms with van der Waals surface area (Å²) >= 11 is 0. The Kier molecular flexibility index (Phi) is 22.3. The highest BCUT2D eigenvalue weighted by Crippen LogP contribution is 2.38. The summed E-state index contributed by atoms with van der Waals surface area (Å²) in [5.41, 5.74) is 26.5. The Labute approximate surface area is 345 Å². The number of halogens is 9. The first-order chi connectivity index (χ1) is 28.5. The van der Waals surface area contributed by atoms with E-state index < -0.39 is 48.4 Å². The van der Waals surface area contributed by atoms with Crippen molar-refractivity contribution in [1.29, 1.82) is 0 Å². The van der Waals surface area contributed by atoms with Crippen molar-refractivity contribution in [2.75, 3.05) is 25.1 Å². The molecule has 13 N–H and O–H groups in total. The van der Waals surface area contributed by atoms with E-state index in [0.717, 1.165) is 16.8 Å². The second-order valence-electron chi connectivity index (χ2n) is 11.7. The SMILES string of the molecule is CCOc1cc2ncc(C(N)=O)c(Nc3cccc(CNC(=O)[C@@H](N)CCCN=C(N)N)c3CC)c2cc1OCC.O=C(O)C(F)(F)F.O=C(O)C(F)(F)F.O=C(O)C(F)(F)F. The van der Waals surface area contributed by atoms with Gasteiger partial charge in [0.05, 0.1) is 36.0 Å². The number of benzene rings is 2. The van der Waals surface area contributed by atoms with Gasteiger partial charge in [-0.05, 0) is 56.4 Å². The Morgan fingerprint density at radius 2 is 1.29 bits per heavy atom. The maximum Gasteiger partial charge on any atom is 0.490 e. The van der Waals surface area contributed by atoms with Crippen LogP contribution in [0.5, 0.6) is 11.5 Å². The number of pyridine rings is 1. The van der Waals surface area contributed by atoms with E-state index in [1.54, 1.807) is 12.1 Å². The molecule has 27 heteroatoms. The number of amides is 2. The van der Waals surface area contributed by atoms with Crippen LogP contribution in [-0.4, -0.2) is 100 Å². The maximum atomic E-state index is 12.6. The zero-order chi connectivity index (χ0) is 48.2. The molecule has 0 bridgehead atoms. The summed E-state index contributed by atoms with van der Waals surface area (Å²) in [5.74, 6) is -8.05. The summed E-state index contributed by atoms with van der Waals surface area (Å²) in [5, 5.41) is 28.4. The second-order valence-corrected chi connectivity index (χ2v) is 11.7. The smallest absolute Gasteiger partial charge is 0.490 e. The summed E-state index contributed by atoms with van der Waals surface area (Å²) in [6.07, 6.45) is -12.1. The van der Waals surface area contributed by atoms with Crippen LogP contribution in [0.4, 0.5) is 50.9 Å². The molecule has 3 aromatic rings. The molecule has 0 saturated carbocycles. The number of hydrogen-bond acceptors (Lipinski definition) is 11. The molecular formula is C35H43F9N8O10. The quantitative estimate of drug-likeness (QED) is 0.0444. The molecule has 0 unspecified atom stereocenters. The highest BCUT2D eigenvalue weighted by Gasteiger charge is 2.39. The van der Waals surface area contributed by atoms with Crippen molar-refractivity contribution in [2.24, 2.45) is 27.9 Å². The molecular weight excluding hydrogens is 863 g/mol. The van der Waals surface area contributed by atoms with Crippen molar-refractivity contribution >= 4 is 58.0 Å². The van der Waals surface area contributed by atoms with Crippen molar-refractivity contribution in [3.63, 3.8) is 0 Å². The van der Waals surface area contributed by atoms with Gasteiger partial charge >= 0.3 is 36.4 Å². The molecule has 2 amide bonds. The van der Waals surface area contributed by atoms with Crippen molar-refractivity contribution in [3.05, 3.63) is 53.2 Å². The summed E-state index contributed by atoms with van der Waals surface area (Å²) in [6, 6.07) is 8.63. The van der Waals surface area contributed by atoms with Crippen LogP contribution >= 0.6 is 0 Å². The number of aromatic nitrogens is 1. The number of nitrogens with zero attached hydrogens (tertiary/aromatic N) is 2. The van der Waals surface area contributed by atoms with Crippen molar-refractivity contribution in [3.8, 4) is 11.5 Å². The third-order valence-corrected chi connectivity index (χ3v) is 7.17. The van der Waals surface area contributed by atoms with E-state index in [9.17, 15) is 49.1 Å². The fourth-order valence-electron chi connectivity index (χ4n) is 4.49. The number of carboxylic acid groups (broad SMARTS) is 3. The first-order valence-corrected chi connectivity index (χ1v) is 17.4. The molecule has 0 aliphatic rings. The molecule has 0 spiro atoms. The number of alkyl halides is 9. The van der Waals surface area contributed by atoms with Crippen LogP contribution in [0, 0.1) is 0 Å². The van der Waals surface area contributed by atoms with Crippen LogP contribution in [0.25, 0.3) is 10.9 Å². The lowest BCUT2D eigenvalue weighted by Crippen LogP contribution is -2.40. The van der Waals surface area contributed by atoms with E-state index in [-0.39, 0.29) is 24.0 Å². The van der Waals surface area contributed by atoms with Gasteiger partial charge in [-0.1, -0.05) is 19.1 Å². The zero-order valence-electron chi connectivity index (χ0n) is 32.8. The topological polar surface area (TPSA) is 318 Å². The van der Waals surface area contributed by atoms with E-state index in [1.165, 1.54) is 6.20 Å².